The van der Waals surface area contributed by atoms with Crippen LogP contribution in [0, 0.1) is 17.0 Å². The molecule has 224 valence electrons. The zero-order valence-electron chi connectivity index (χ0n) is 24.4. The molecule has 5 aromatic rings. The van der Waals surface area contributed by atoms with Crippen LogP contribution in [0.4, 0.5) is 5.69 Å². The van der Waals surface area contributed by atoms with Gasteiger partial charge in [0.1, 0.15) is 18.1 Å². The van der Waals surface area contributed by atoms with E-state index in [1.165, 1.54) is 29.1 Å². The van der Waals surface area contributed by atoms with Gasteiger partial charge in [0, 0.05) is 38.9 Å². The molecule has 0 spiro atoms. The number of hydrogen-bond acceptors (Lipinski definition) is 7. The lowest BCUT2D eigenvalue weighted by atomic mass is 9.96. The number of nitrogens with zero attached hydrogens (tertiary/aromatic N) is 4. The van der Waals surface area contributed by atoms with Crippen molar-refractivity contribution in [3.05, 3.63) is 126 Å². The third-order valence-corrected chi connectivity index (χ3v) is 7.70. The molecular formula is C33H28Cl2N4O5. The normalized spacial score (nSPS) is 11.4. The molecule has 44 heavy (non-hydrogen) atoms. The lowest BCUT2D eigenvalue weighted by Gasteiger charge is -2.17. The van der Waals surface area contributed by atoms with E-state index in [1.54, 1.807) is 43.5 Å². The Morgan fingerprint density at radius 1 is 1.05 bits per heavy atom. The van der Waals surface area contributed by atoms with E-state index in [4.69, 9.17) is 37.7 Å². The highest BCUT2D eigenvalue weighted by atomic mass is 35.5. The second-order valence-electron chi connectivity index (χ2n) is 10.4. The van der Waals surface area contributed by atoms with Gasteiger partial charge in [-0.05, 0) is 66.4 Å². The number of ether oxygens (including phenoxy) is 2. The predicted octanol–water partition coefficient (Wildman–Crippen LogP) is 8.18. The molecule has 0 bridgehead atoms. The lowest BCUT2D eigenvalue weighted by Crippen LogP contribution is -2.21. The van der Waals surface area contributed by atoms with Crippen molar-refractivity contribution < 1.29 is 14.4 Å². The third-order valence-electron chi connectivity index (χ3n) is 7.11. The van der Waals surface area contributed by atoms with E-state index in [0.717, 1.165) is 16.9 Å². The Kier molecular flexibility index (Phi) is 8.98. The van der Waals surface area contributed by atoms with Crippen LogP contribution in [-0.4, -0.2) is 27.9 Å². The molecule has 0 atom stereocenters. The lowest BCUT2D eigenvalue weighted by molar-refractivity contribution is -0.384. The van der Waals surface area contributed by atoms with Crippen molar-refractivity contribution in [3.63, 3.8) is 0 Å². The van der Waals surface area contributed by atoms with Crippen molar-refractivity contribution in [1.29, 1.82) is 0 Å². The van der Waals surface area contributed by atoms with Crippen molar-refractivity contribution in [3.8, 4) is 22.9 Å². The highest BCUT2D eigenvalue weighted by molar-refractivity contribution is 6.35. The molecule has 0 radical (unpaired) electrons. The van der Waals surface area contributed by atoms with Crippen LogP contribution in [0.2, 0.25) is 10.0 Å². The van der Waals surface area contributed by atoms with Crippen LogP contribution >= 0.6 is 23.2 Å². The number of nitro groups is 1. The number of rotatable bonds is 9. The molecule has 0 aliphatic rings. The summed E-state index contributed by atoms with van der Waals surface area (Å²) in [6.45, 7) is 6.08. The molecule has 9 nitrogen and oxygen atoms in total. The van der Waals surface area contributed by atoms with Gasteiger partial charge in [-0.2, -0.15) is 9.78 Å². The van der Waals surface area contributed by atoms with Gasteiger partial charge in [-0.3, -0.25) is 14.9 Å². The second-order valence-corrected chi connectivity index (χ2v) is 11.2. The van der Waals surface area contributed by atoms with Crippen LogP contribution in [0.3, 0.4) is 0 Å². The smallest absolute Gasteiger partial charge is 0.282 e. The summed E-state index contributed by atoms with van der Waals surface area (Å²) >= 11 is 12.3. The fraction of sp³-hybridized carbons (Fsp3) is 0.182. The first kappa shape index (κ1) is 30.7. The molecule has 0 saturated heterocycles. The SMILES string of the molecule is COc1cc(C)c(-c2nc3ccccc3c(=O)n2N=Cc2cc([N+](=O)[O-])ccc2OCc2ccc(Cl)cc2Cl)cc1C(C)C. The molecule has 0 fully saturated rings. The largest absolute Gasteiger partial charge is 0.496 e. The third kappa shape index (κ3) is 6.29. The molecular weight excluding hydrogens is 603 g/mol. The van der Waals surface area contributed by atoms with Gasteiger partial charge < -0.3 is 9.47 Å². The van der Waals surface area contributed by atoms with Crippen LogP contribution in [0.1, 0.15) is 42.0 Å². The van der Waals surface area contributed by atoms with E-state index >= 15 is 0 Å². The van der Waals surface area contributed by atoms with E-state index in [1.807, 2.05) is 25.1 Å². The summed E-state index contributed by atoms with van der Waals surface area (Å²) in [6.07, 6.45) is 1.36. The maximum Gasteiger partial charge on any atom is 0.282 e. The monoisotopic (exact) mass is 630 g/mol. The quantitative estimate of drug-likeness (QED) is 0.0922. The minimum atomic E-state index is -0.513. The zero-order chi connectivity index (χ0) is 31.5. The van der Waals surface area contributed by atoms with Gasteiger partial charge in [-0.1, -0.05) is 55.2 Å². The van der Waals surface area contributed by atoms with Gasteiger partial charge >= 0.3 is 0 Å². The summed E-state index contributed by atoms with van der Waals surface area (Å²) in [5, 5.41) is 17.4. The summed E-state index contributed by atoms with van der Waals surface area (Å²) in [4.78, 5) is 29.8. The second kappa shape index (κ2) is 12.9. The molecule has 0 unspecified atom stereocenters. The standard InChI is InChI=1S/C33H28Cl2N4O5/c1-19(2)26-16-27(20(3)13-31(26)43-4)32-37-29-8-6-5-7-25(29)33(40)38(32)36-17-22-14-24(39(41)42)11-12-30(22)44-18-21-9-10-23(34)15-28(21)35/h5-17,19H,18H2,1-4H3. The van der Waals surface area contributed by atoms with Crippen LogP contribution in [0.15, 0.2) is 82.7 Å². The van der Waals surface area contributed by atoms with Crippen LogP contribution < -0.4 is 15.0 Å². The Balaban J connectivity index is 1.66. The first-order valence-electron chi connectivity index (χ1n) is 13.7. The molecule has 11 heteroatoms. The first-order valence-corrected chi connectivity index (χ1v) is 14.4. The summed E-state index contributed by atoms with van der Waals surface area (Å²) in [7, 11) is 1.62. The van der Waals surface area contributed by atoms with Gasteiger partial charge in [0.25, 0.3) is 11.2 Å². The van der Waals surface area contributed by atoms with Crippen LogP contribution in [-0.2, 0) is 6.61 Å². The van der Waals surface area contributed by atoms with Crippen LogP contribution in [0.25, 0.3) is 22.3 Å². The van der Waals surface area contributed by atoms with Gasteiger partial charge in [0.2, 0.25) is 0 Å². The van der Waals surface area contributed by atoms with Crippen molar-refractivity contribution in [2.45, 2.75) is 33.3 Å². The number of fused-ring (bicyclic) bond motifs is 1. The minimum absolute atomic E-state index is 0.0698. The molecule has 5 rings (SSSR count). The number of para-hydroxylation sites is 1. The molecule has 0 saturated carbocycles. The first-order chi connectivity index (χ1) is 21.1. The maximum absolute atomic E-state index is 13.9. The summed E-state index contributed by atoms with van der Waals surface area (Å²) in [5.74, 6) is 1.48. The van der Waals surface area contributed by atoms with E-state index in [0.29, 0.717) is 43.6 Å². The Labute approximate surface area is 263 Å². The molecule has 0 aliphatic carbocycles. The van der Waals surface area contributed by atoms with Crippen LogP contribution in [0.5, 0.6) is 11.5 Å². The number of benzene rings is 4. The number of aryl methyl sites for hydroxylation is 1. The van der Waals surface area contributed by atoms with Crippen molar-refractivity contribution in [2.75, 3.05) is 7.11 Å². The number of methoxy groups -OCH3 is 1. The van der Waals surface area contributed by atoms with E-state index in [-0.39, 0.29) is 23.8 Å². The van der Waals surface area contributed by atoms with E-state index in [9.17, 15) is 14.9 Å². The van der Waals surface area contributed by atoms with Gasteiger partial charge in [-0.15, -0.1) is 0 Å². The minimum Gasteiger partial charge on any atom is -0.496 e. The van der Waals surface area contributed by atoms with Gasteiger partial charge in [-0.25, -0.2) is 4.98 Å². The van der Waals surface area contributed by atoms with Gasteiger partial charge in [0.15, 0.2) is 5.82 Å². The summed E-state index contributed by atoms with van der Waals surface area (Å²) in [5.41, 5.74) is 3.37. The van der Waals surface area contributed by atoms with Crippen molar-refractivity contribution in [1.82, 2.24) is 9.66 Å². The Morgan fingerprint density at radius 2 is 1.82 bits per heavy atom. The fourth-order valence-corrected chi connectivity index (χ4v) is 5.23. The van der Waals surface area contributed by atoms with E-state index in [2.05, 4.69) is 18.9 Å². The number of halogens is 2. The summed E-state index contributed by atoms with van der Waals surface area (Å²) < 4.78 is 12.8. The fourth-order valence-electron chi connectivity index (χ4n) is 4.77. The summed E-state index contributed by atoms with van der Waals surface area (Å²) in [6, 6.07) is 20.1. The average molecular weight is 632 g/mol. The Morgan fingerprint density at radius 3 is 2.52 bits per heavy atom. The molecule has 0 N–H and O–H groups in total. The molecule has 0 amide bonds. The van der Waals surface area contributed by atoms with Gasteiger partial charge in [0.05, 0.1) is 29.2 Å². The predicted molar refractivity (Wildman–Crippen MR) is 174 cm³/mol. The number of hydrogen-bond donors (Lipinski definition) is 0. The maximum atomic E-state index is 13.9. The number of aromatic nitrogens is 2. The zero-order valence-corrected chi connectivity index (χ0v) is 25.9. The molecule has 1 heterocycles. The highest BCUT2D eigenvalue weighted by Gasteiger charge is 2.19. The van der Waals surface area contributed by atoms with Crippen molar-refractivity contribution >= 4 is 46.0 Å². The molecule has 1 aromatic heterocycles. The topological polar surface area (TPSA) is 109 Å². The number of non-ortho nitro benzene ring substituents is 1. The molecule has 0 aliphatic heterocycles. The highest BCUT2D eigenvalue weighted by Crippen LogP contribution is 2.34. The number of nitro benzene ring substituents is 1. The molecule has 4 aromatic carbocycles. The Hall–Kier alpha value is -4.73. The van der Waals surface area contributed by atoms with Crippen molar-refractivity contribution in [2.24, 2.45) is 5.10 Å². The average Bonchev–Trinajstić information content (AvgIpc) is 3.00. The van der Waals surface area contributed by atoms with E-state index < -0.39 is 10.5 Å². The Bertz CT molecular complexity index is 1990.